The molecule has 0 radical (unpaired) electrons. The van der Waals surface area contributed by atoms with Crippen LogP contribution in [0, 0.1) is 0 Å². The summed E-state index contributed by atoms with van der Waals surface area (Å²) >= 11 is 11.3. The van der Waals surface area contributed by atoms with Crippen molar-refractivity contribution in [3.63, 3.8) is 0 Å². The molecule has 0 bridgehead atoms. The number of sulfonamides is 1. The number of hydrogen-bond donors (Lipinski definition) is 3. The highest BCUT2D eigenvalue weighted by Gasteiger charge is 2.40. The maximum absolute atomic E-state index is 13.6. The SMILES string of the molecule is CCCN(CCCl)P1(=O)OCCCN1CCNC(=S)NCCc1ccc(S(N)(=O)=O)cc1. The molecule has 1 heterocycles. The lowest BCUT2D eigenvalue weighted by molar-refractivity contribution is 0.167. The minimum Gasteiger partial charge on any atom is -0.362 e. The number of nitrogens with two attached hydrogens (primary N) is 1. The van der Waals surface area contributed by atoms with Crippen LogP contribution in [0.4, 0.5) is 0 Å². The molecule has 1 aromatic rings. The van der Waals surface area contributed by atoms with Crippen LogP contribution in [0.25, 0.3) is 0 Å². The predicted octanol–water partition coefficient (Wildman–Crippen LogP) is 2.12. The van der Waals surface area contributed by atoms with Crippen LogP contribution < -0.4 is 15.8 Å². The summed E-state index contributed by atoms with van der Waals surface area (Å²) in [7, 11) is -6.76. The van der Waals surface area contributed by atoms with E-state index in [-0.39, 0.29) is 4.90 Å². The van der Waals surface area contributed by atoms with Crippen molar-refractivity contribution in [1.29, 1.82) is 0 Å². The largest absolute Gasteiger partial charge is 0.362 e. The van der Waals surface area contributed by atoms with Crippen LogP contribution in [-0.2, 0) is 25.5 Å². The Kier molecular flexibility index (Phi) is 11.3. The molecule has 1 saturated heterocycles. The fourth-order valence-corrected chi connectivity index (χ4v) is 7.03. The van der Waals surface area contributed by atoms with Crippen LogP contribution in [0.5, 0.6) is 0 Å². The van der Waals surface area contributed by atoms with Crippen molar-refractivity contribution in [3.8, 4) is 0 Å². The van der Waals surface area contributed by atoms with Gasteiger partial charge in [0.15, 0.2) is 5.11 Å². The van der Waals surface area contributed by atoms with Crippen LogP contribution in [0.2, 0.25) is 0 Å². The van der Waals surface area contributed by atoms with E-state index in [1.807, 2.05) is 16.3 Å². The maximum atomic E-state index is 13.6. The molecule has 182 valence electrons. The number of halogens is 1. The molecule has 1 atom stereocenters. The van der Waals surface area contributed by atoms with Crippen LogP contribution in [-0.4, -0.2) is 74.6 Å². The molecule has 0 aromatic heterocycles. The molecule has 32 heavy (non-hydrogen) atoms. The van der Waals surface area contributed by atoms with Gasteiger partial charge in [-0.1, -0.05) is 19.1 Å². The summed E-state index contributed by atoms with van der Waals surface area (Å²) in [6.07, 6.45) is 2.37. The third-order valence-electron chi connectivity index (χ3n) is 4.97. The maximum Gasteiger partial charge on any atom is 0.346 e. The van der Waals surface area contributed by atoms with E-state index in [1.54, 1.807) is 12.1 Å². The molecule has 9 nitrogen and oxygen atoms in total. The van der Waals surface area contributed by atoms with Crippen LogP contribution in [0.3, 0.4) is 0 Å². The molecule has 0 aliphatic carbocycles. The van der Waals surface area contributed by atoms with Crippen molar-refractivity contribution in [2.75, 3.05) is 51.8 Å². The van der Waals surface area contributed by atoms with Crippen LogP contribution >= 0.6 is 31.5 Å². The predicted molar refractivity (Wildman–Crippen MR) is 132 cm³/mol. The zero-order valence-corrected chi connectivity index (χ0v) is 21.6. The van der Waals surface area contributed by atoms with Crippen molar-refractivity contribution < 1.29 is 17.5 Å². The number of primary sulfonamides is 1. The first-order chi connectivity index (χ1) is 15.2. The quantitative estimate of drug-likeness (QED) is 0.214. The molecule has 1 aliphatic heterocycles. The molecular formula is C19H33ClN5O4PS2. The monoisotopic (exact) mass is 525 g/mol. The first kappa shape index (κ1) is 27.5. The van der Waals surface area contributed by atoms with Gasteiger partial charge in [-0.2, -0.15) is 0 Å². The number of nitrogens with one attached hydrogen (secondary N) is 2. The van der Waals surface area contributed by atoms with Gasteiger partial charge in [-0.3, -0.25) is 4.57 Å². The highest BCUT2D eigenvalue weighted by atomic mass is 35.5. The lowest BCUT2D eigenvalue weighted by Gasteiger charge is -2.40. The van der Waals surface area contributed by atoms with E-state index in [0.717, 1.165) is 18.4 Å². The fraction of sp³-hybridized carbons (Fsp3) is 0.632. The standard InChI is InChI=1S/C19H33ClN5O4PS2/c1-2-12-24(14-9-20)30(26)25(13-3-16-29-30)15-11-23-19(31)22-10-8-17-4-6-18(7-5-17)32(21,27)28/h4-7H,2-3,8-16H2,1H3,(H2,21,27,28)(H2,22,23,31). The summed E-state index contributed by atoms with van der Waals surface area (Å²) in [5.74, 6) is 0.401. The Hall–Kier alpha value is -0.780. The first-order valence-corrected chi connectivity index (χ1v) is 14.7. The molecule has 4 N–H and O–H groups in total. The van der Waals surface area contributed by atoms with Gasteiger partial charge in [0.1, 0.15) is 0 Å². The van der Waals surface area contributed by atoms with E-state index >= 15 is 0 Å². The van der Waals surface area contributed by atoms with Crippen molar-refractivity contribution >= 4 is 46.6 Å². The number of benzene rings is 1. The summed E-state index contributed by atoms with van der Waals surface area (Å²) in [5.41, 5.74) is 0.967. The lowest BCUT2D eigenvalue weighted by atomic mass is 10.1. The Bertz CT molecular complexity index is 882. The Morgan fingerprint density at radius 3 is 2.59 bits per heavy atom. The summed E-state index contributed by atoms with van der Waals surface area (Å²) in [6.45, 7) is 6.09. The Labute approximate surface area is 201 Å². The molecule has 2 rings (SSSR count). The third kappa shape index (κ3) is 8.22. The van der Waals surface area contributed by atoms with Gasteiger partial charge in [0, 0.05) is 45.1 Å². The molecule has 1 aliphatic rings. The van der Waals surface area contributed by atoms with Gasteiger partial charge < -0.3 is 15.2 Å². The molecular weight excluding hydrogens is 493 g/mol. The summed E-state index contributed by atoms with van der Waals surface area (Å²) in [6, 6.07) is 6.45. The Balaban J connectivity index is 1.78. The van der Waals surface area contributed by atoms with E-state index in [4.69, 9.17) is 33.5 Å². The second-order valence-corrected chi connectivity index (χ2v) is 12.1. The highest BCUT2D eigenvalue weighted by molar-refractivity contribution is 7.89. The van der Waals surface area contributed by atoms with Crippen LogP contribution in [0.15, 0.2) is 29.2 Å². The minimum atomic E-state index is -3.68. The molecule has 0 amide bonds. The van der Waals surface area contributed by atoms with Crippen molar-refractivity contribution in [3.05, 3.63) is 29.8 Å². The smallest absolute Gasteiger partial charge is 0.346 e. The Morgan fingerprint density at radius 1 is 1.28 bits per heavy atom. The highest BCUT2D eigenvalue weighted by Crippen LogP contribution is 2.56. The fourth-order valence-electron chi connectivity index (χ4n) is 3.38. The third-order valence-corrected chi connectivity index (χ3v) is 9.10. The Morgan fingerprint density at radius 2 is 1.97 bits per heavy atom. The summed E-state index contributed by atoms with van der Waals surface area (Å²) in [4.78, 5) is 0.0916. The summed E-state index contributed by atoms with van der Waals surface area (Å²) in [5, 5.41) is 11.9. The van der Waals surface area contributed by atoms with Gasteiger partial charge in [-0.05, 0) is 49.2 Å². The van der Waals surface area contributed by atoms with Gasteiger partial charge in [-0.25, -0.2) is 22.9 Å². The minimum absolute atomic E-state index is 0.0916. The second-order valence-electron chi connectivity index (χ2n) is 7.40. The van der Waals surface area contributed by atoms with E-state index in [1.165, 1.54) is 12.1 Å². The summed E-state index contributed by atoms with van der Waals surface area (Å²) < 4.78 is 45.7. The second kappa shape index (κ2) is 13.2. The van der Waals surface area contributed by atoms with Crippen LogP contribution in [0.1, 0.15) is 25.3 Å². The normalized spacial score (nSPS) is 19.8. The van der Waals surface area contributed by atoms with E-state index < -0.39 is 17.7 Å². The molecule has 13 heteroatoms. The van der Waals surface area contributed by atoms with E-state index in [9.17, 15) is 13.0 Å². The zero-order chi connectivity index (χ0) is 23.6. The molecule has 1 unspecified atom stereocenters. The number of nitrogens with zero attached hydrogens (tertiary/aromatic N) is 2. The average molecular weight is 526 g/mol. The zero-order valence-electron chi connectivity index (χ0n) is 18.3. The number of alkyl halides is 1. The average Bonchev–Trinajstić information content (AvgIpc) is 2.75. The van der Waals surface area contributed by atoms with Gasteiger partial charge in [0.2, 0.25) is 10.0 Å². The van der Waals surface area contributed by atoms with E-state index in [2.05, 4.69) is 10.6 Å². The first-order valence-electron chi connectivity index (χ1n) is 10.7. The lowest BCUT2D eigenvalue weighted by Crippen LogP contribution is -2.44. The number of thiocarbonyl (C=S) groups is 1. The van der Waals surface area contributed by atoms with Gasteiger partial charge in [0.25, 0.3) is 0 Å². The molecule has 0 saturated carbocycles. The van der Waals surface area contributed by atoms with Gasteiger partial charge >= 0.3 is 7.67 Å². The van der Waals surface area contributed by atoms with Crippen molar-refractivity contribution in [2.24, 2.45) is 5.14 Å². The molecule has 0 spiro atoms. The van der Waals surface area contributed by atoms with E-state index in [0.29, 0.717) is 63.3 Å². The number of rotatable bonds is 12. The van der Waals surface area contributed by atoms with Crippen molar-refractivity contribution in [1.82, 2.24) is 20.0 Å². The number of hydrogen-bond acceptors (Lipinski definition) is 5. The van der Waals surface area contributed by atoms with Gasteiger partial charge in [-0.15, -0.1) is 11.6 Å². The molecule has 1 aromatic carbocycles. The topological polar surface area (TPSA) is 117 Å². The van der Waals surface area contributed by atoms with Crippen molar-refractivity contribution in [2.45, 2.75) is 31.1 Å². The molecule has 1 fully saturated rings. The van der Waals surface area contributed by atoms with Gasteiger partial charge in [0.05, 0.1) is 11.5 Å².